The average Bonchev–Trinajstić information content (AvgIpc) is 2.89. The molecule has 26 heavy (non-hydrogen) atoms. The van der Waals surface area contributed by atoms with Crippen LogP contribution in [0.3, 0.4) is 0 Å². The molecule has 0 aliphatic carbocycles. The van der Waals surface area contributed by atoms with E-state index in [4.69, 9.17) is 4.74 Å². The smallest absolute Gasteiger partial charge is 0.387 e. The number of hydrogen-bond acceptors (Lipinski definition) is 2. The number of ether oxygens (including phenoxy) is 1. The zero-order chi connectivity index (χ0) is 18.8. The molecule has 0 fully saturated rings. The second kappa shape index (κ2) is 7.45. The molecule has 0 spiro atoms. The number of aromatic amines is 1. The van der Waals surface area contributed by atoms with Crippen LogP contribution in [0.2, 0.25) is 0 Å². The standard InChI is InChI=1S/C19H17BrF2N2O2/c1-3-4-15(13-7-5-11(2)9-17(13)26-19(21)22)24-16-10-12(20)6-8-14(16)18(25)23-24/h3,5-10,15,19H,1,4H2,2H3,(H,23,25). The Hall–Kier alpha value is -2.41. The summed E-state index contributed by atoms with van der Waals surface area (Å²) >= 11 is 3.40. The summed E-state index contributed by atoms with van der Waals surface area (Å²) < 4.78 is 33.0. The Morgan fingerprint density at radius 1 is 1.31 bits per heavy atom. The van der Waals surface area contributed by atoms with Gasteiger partial charge in [-0.15, -0.1) is 6.58 Å². The number of alkyl halides is 2. The molecule has 1 N–H and O–H groups in total. The fourth-order valence-electron chi connectivity index (χ4n) is 3.02. The van der Waals surface area contributed by atoms with Crippen LogP contribution in [0.1, 0.15) is 23.6 Å². The summed E-state index contributed by atoms with van der Waals surface area (Å²) in [6.45, 7) is 2.63. The van der Waals surface area contributed by atoms with E-state index in [0.717, 1.165) is 10.0 Å². The van der Waals surface area contributed by atoms with Crippen LogP contribution < -0.4 is 10.3 Å². The number of H-pyrrole nitrogens is 1. The van der Waals surface area contributed by atoms with E-state index < -0.39 is 12.7 Å². The van der Waals surface area contributed by atoms with Gasteiger partial charge in [-0.2, -0.15) is 8.78 Å². The zero-order valence-electron chi connectivity index (χ0n) is 14.0. The summed E-state index contributed by atoms with van der Waals surface area (Å²) in [6.07, 6.45) is 2.10. The van der Waals surface area contributed by atoms with Crippen LogP contribution in [0.25, 0.3) is 10.9 Å². The Bertz CT molecular complexity index is 1010. The normalized spacial score (nSPS) is 12.5. The highest BCUT2D eigenvalue weighted by atomic mass is 79.9. The van der Waals surface area contributed by atoms with Gasteiger partial charge in [-0.3, -0.25) is 14.6 Å². The van der Waals surface area contributed by atoms with Gasteiger partial charge in [-0.05, 0) is 43.2 Å². The lowest BCUT2D eigenvalue weighted by Crippen LogP contribution is -2.16. The van der Waals surface area contributed by atoms with Gasteiger partial charge in [0, 0.05) is 10.0 Å². The summed E-state index contributed by atoms with van der Waals surface area (Å²) in [4.78, 5) is 12.3. The first-order chi connectivity index (χ1) is 12.4. The summed E-state index contributed by atoms with van der Waals surface area (Å²) in [7, 11) is 0. The number of hydrogen-bond donors (Lipinski definition) is 1. The summed E-state index contributed by atoms with van der Waals surface area (Å²) in [5, 5.41) is 3.33. The molecule has 3 rings (SSSR count). The van der Waals surface area contributed by atoms with Crippen LogP contribution in [0, 0.1) is 6.92 Å². The molecule has 136 valence electrons. The highest BCUT2D eigenvalue weighted by molar-refractivity contribution is 9.10. The van der Waals surface area contributed by atoms with Crippen molar-refractivity contribution in [2.45, 2.75) is 26.0 Å². The molecule has 7 heteroatoms. The maximum atomic E-state index is 12.9. The van der Waals surface area contributed by atoms with Gasteiger partial charge in [0.15, 0.2) is 0 Å². The second-order valence-electron chi connectivity index (χ2n) is 5.93. The molecule has 0 saturated heterocycles. The molecular weight excluding hydrogens is 406 g/mol. The van der Waals surface area contributed by atoms with Crippen molar-refractivity contribution in [2.75, 3.05) is 0 Å². The minimum Gasteiger partial charge on any atom is -0.434 e. The monoisotopic (exact) mass is 422 g/mol. The van der Waals surface area contributed by atoms with Gasteiger partial charge in [0.25, 0.3) is 5.56 Å². The quantitative estimate of drug-likeness (QED) is 0.557. The van der Waals surface area contributed by atoms with Crippen LogP contribution in [-0.2, 0) is 0 Å². The number of aromatic nitrogens is 2. The third-order valence-corrected chi connectivity index (χ3v) is 4.62. The van der Waals surface area contributed by atoms with Crippen LogP contribution in [0.5, 0.6) is 5.75 Å². The van der Waals surface area contributed by atoms with Gasteiger partial charge in [0.2, 0.25) is 0 Å². The molecular formula is C19H17BrF2N2O2. The van der Waals surface area contributed by atoms with E-state index in [1.54, 1.807) is 41.9 Å². The lowest BCUT2D eigenvalue weighted by Gasteiger charge is -2.22. The van der Waals surface area contributed by atoms with Gasteiger partial charge in [0.1, 0.15) is 5.75 Å². The Kier molecular flexibility index (Phi) is 5.27. The van der Waals surface area contributed by atoms with Crippen molar-refractivity contribution in [3.8, 4) is 5.75 Å². The lowest BCUT2D eigenvalue weighted by molar-refractivity contribution is -0.0507. The number of fused-ring (bicyclic) bond motifs is 1. The molecule has 0 aliphatic rings. The van der Waals surface area contributed by atoms with Crippen molar-refractivity contribution < 1.29 is 13.5 Å². The summed E-state index contributed by atoms with van der Waals surface area (Å²) in [5.74, 6) is 0.0875. The van der Waals surface area contributed by atoms with Gasteiger partial charge in [-0.25, -0.2) is 0 Å². The molecule has 0 aliphatic heterocycles. The summed E-state index contributed by atoms with van der Waals surface area (Å²) in [5.41, 5.74) is 1.77. The van der Waals surface area contributed by atoms with E-state index in [2.05, 4.69) is 27.6 Å². The molecule has 0 bridgehead atoms. The fraction of sp³-hybridized carbons (Fsp3) is 0.211. The van der Waals surface area contributed by atoms with Crippen LogP contribution >= 0.6 is 15.9 Å². The van der Waals surface area contributed by atoms with Crippen molar-refractivity contribution in [3.05, 3.63) is 75.0 Å². The van der Waals surface area contributed by atoms with E-state index in [-0.39, 0.29) is 11.3 Å². The topological polar surface area (TPSA) is 47.0 Å². The summed E-state index contributed by atoms with van der Waals surface area (Å²) in [6, 6.07) is 9.99. The van der Waals surface area contributed by atoms with E-state index in [9.17, 15) is 13.6 Å². The molecule has 1 aromatic heterocycles. The molecule has 1 heterocycles. The van der Waals surface area contributed by atoms with E-state index >= 15 is 0 Å². The average molecular weight is 423 g/mol. The van der Waals surface area contributed by atoms with Gasteiger partial charge < -0.3 is 4.74 Å². The molecule has 0 amide bonds. The Morgan fingerprint density at radius 2 is 2.08 bits per heavy atom. The first-order valence-corrected chi connectivity index (χ1v) is 8.76. The molecule has 1 unspecified atom stereocenters. The van der Waals surface area contributed by atoms with Crippen molar-refractivity contribution in [1.29, 1.82) is 0 Å². The largest absolute Gasteiger partial charge is 0.434 e. The molecule has 2 aromatic carbocycles. The number of rotatable bonds is 6. The second-order valence-corrected chi connectivity index (χ2v) is 6.85. The highest BCUT2D eigenvalue weighted by Crippen LogP contribution is 2.34. The lowest BCUT2D eigenvalue weighted by atomic mass is 10.0. The third-order valence-electron chi connectivity index (χ3n) is 4.13. The molecule has 3 aromatic rings. The van der Waals surface area contributed by atoms with Crippen LogP contribution in [0.4, 0.5) is 8.78 Å². The zero-order valence-corrected chi connectivity index (χ0v) is 15.6. The molecule has 0 saturated carbocycles. The van der Waals surface area contributed by atoms with E-state index in [1.807, 2.05) is 12.1 Å². The van der Waals surface area contributed by atoms with E-state index in [1.165, 1.54) is 0 Å². The van der Waals surface area contributed by atoms with Crippen molar-refractivity contribution in [2.24, 2.45) is 0 Å². The number of nitrogens with zero attached hydrogens (tertiary/aromatic N) is 1. The Balaban J connectivity index is 2.22. The van der Waals surface area contributed by atoms with Crippen LogP contribution in [0.15, 0.2) is 58.3 Å². The highest BCUT2D eigenvalue weighted by Gasteiger charge is 2.22. The molecule has 4 nitrogen and oxygen atoms in total. The van der Waals surface area contributed by atoms with E-state index in [0.29, 0.717) is 22.9 Å². The number of nitrogens with one attached hydrogen (secondary N) is 1. The number of halogens is 3. The van der Waals surface area contributed by atoms with Crippen molar-refractivity contribution in [1.82, 2.24) is 9.78 Å². The maximum Gasteiger partial charge on any atom is 0.387 e. The van der Waals surface area contributed by atoms with Gasteiger partial charge >= 0.3 is 6.61 Å². The molecule has 0 radical (unpaired) electrons. The minimum absolute atomic E-state index is 0.0875. The van der Waals surface area contributed by atoms with Gasteiger partial charge in [-0.1, -0.05) is 34.1 Å². The maximum absolute atomic E-state index is 12.9. The number of aryl methyl sites for hydroxylation is 1. The first-order valence-electron chi connectivity index (χ1n) is 7.96. The Labute approximate surface area is 157 Å². The van der Waals surface area contributed by atoms with Crippen molar-refractivity contribution >= 4 is 26.8 Å². The fourth-order valence-corrected chi connectivity index (χ4v) is 3.37. The third kappa shape index (κ3) is 3.58. The first kappa shape index (κ1) is 18.4. The minimum atomic E-state index is -2.94. The predicted octanol–water partition coefficient (Wildman–Crippen LogP) is 5.17. The number of allylic oxidation sites excluding steroid dienone is 1. The predicted molar refractivity (Wildman–Crippen MR) is 101 cm³/mol. The van der Waals surface area contributed by atoms with Crippen molar-refractivity contribution in [3.63, 3.8) is 0 Å². The Morgan fingerprint density at radius 3 is 2.77 bits per heavy atom. The SMILES string of the molecule is C=CCC(c1ccc(C)cc1OC(F)F)n1[nH]c(=O)c2ccc(Br)cc21. The number of benzene rings is 2. The molecule has 1 atom stereocenters. The van der Waals surface area contributed by atoms with Crippen LogP contribution in [-0.4, -0.2) is 16.4 Å². The van der Waals surface area contributed by atoms with Gasteiger partial charge in [0.05, 0.1) is 16.9 Å².